The molecule has 2 aromatic carbocycles. The number of halogens is 1. The zero-order valence-corrected chi connectivity index (χ0v) is 16.8. The van der Waals surface area contributed by atoms with Gasteiger partial charge in [0.25, 0.3) is 11.5 Å². The van der Waals surface area contributed by atoms with Crippen LogP contribution in [0.2, 0.25) is 0 Å². The molecule has 0 spiro atoms. The van der Waals surface area contributed by atoms with Crippen LogP contribution < -0.4 is 10.9 Å². The van der Waals surface area contributed by atoms with Crippen molar-refractivity contribution in [2.24, 2.45) is 0 Å². The van der Waals surface area contributed by atoms with Gasteiger partial charge < -0.3 is 9.88 Å². The number of nitrogens with zero attached hydrogens (tertiary/aromatic N) is 3. The lowest BCUT2D eigenvalue weighted by molar-refractivity contribution is 0.102. The van der Waals surface area contributed by atoms with Crippen molar-refractivity contribution in [3.8, 4) is 0 Å². The summed E-state index contributed by atoms with van der Waals surface area (Å²) in [4.78, 5) is 25.5. The number of anilines is 1. The SMILES string of the molecule is O=C(Nc1ccc(F)cc1)c1ccc(Cn2ccn3nc4c(c3c2=O)CCCC4)cc1. The van der Waals surface area contributed by atoms with E-state index >= 15 is 0 Å². The fourth-order valence-corrected chi connectivity index (χ4v) is 4.07. The van der Waals surface area contributed by atoms with E-state index in [1.165, 1.54) is 24.3 Å². The molecule has 0 radical (unpaired) electrons. The maximum atomic E-state index is 13.1. The number of carbonyl (C=O) groups is 1. The van der Waals surface area contributed by atoms with Gasteiger partial charge >= 0.3 is 0 Å². The van der Waals surface area contributed by atoms with Crippen molar-refractivity contribution in [3.05, 3.63) is 99.5 Å². The van der Waals surface area contributed by atoms with Gasteiger partial charge in [0.15, 0.2) is 0 Å². The average molecular weight is 416 g/mol. The van der Waals surface area contributed by atoms with E-state index in [0.717, 1.165) is 42.5 Å². The minimum absolute atomic E-state index is 0.0451. The standard InChI is InChI=1S/C24H21FN4O2/c25-18-9-11-19(12-10-18)26-23(30)17-7-5-16(6-8-17)15-28-13-14-29-22(24(28)31)20-3-1-2-4-21(20)27-29/h5-14H,1-4,15H2,(H,26,30). The second-order valence-electron chi connectivity index (χ2n) is 7.81. The smallest absolute Gasteiger partial charge is 0.277 e. The highest BCUT2D eigenvalue weighted by Gasteiger charge is 2.19. The molecule has 0 bridgehead atoms. The van der Waals surface area contributed by atoms with E-state index in [1.807, 2.05) is 18.3 Å². The molecular formula is C24H21FN4O2. The molecule has 4 aromatic rings. The molecule has 1 aliphatic carbocycles. The number of benzene rings is 2. The number of hydrogen-bond acceptors (Lipinski definition) is 3. The van der Waals surface area contributed by atoms with Crippen molar-refractivity contribution in [2.75, 3.05) is 5.32 Å². The van der Waals surface area contributed by atoms with Crippen LogP contribution in [0.3, 0.4) is 0 Å². The molecule has 0 saturated heterocycles. The van der Waals surface area contributed by atoms with Gasteiger partial charge in [-0.2, -0.15) is 5.10 Å². The Labute approximate surface area is 178 Å². The number of aromatic nitrogens is 3. The molecule has 0 unspecified atom stereocenters. The minimum Gasteiger partial charge on any atom is -0.322 e. The van der Waals surface area contributed by atoms with Crippen LogP contribution in [0.15, 0.2) is 65.7 Å². The molecule has 0 saturated carbocycles. The molecule has 6 nitrogen and oxygen atoms in total. The van der Waals surface area contributed by atoms with Crippen LogP contribution in [0.5, 0.6) is 0 Å². The molecule has 0 fully saturated rings. The summed E-state index contributed by atoms with van der Waals surface area (Å²) in [6.45, 7) is 0.412. The molecular weight excluding hydrogens is 395 g/mol. The van der Waals surface area contributed by atoms with E-state index in [2.05, 4.69) is 10.4 Å². The number of amides is 1. The topological polar surface area (TPSA) is 68.4 Å². The third kappa shape index (κ3) is 3.74. The van der Waals surface area contributed by atoms with E-state index in [0.29, 0.717) is 23.3 Å². The van der Waals surface area contributed by atoms with Gasteiger partial charge in [0, 0.05) is 29.2 Å². The number of carbonyl (C=O) groups excluding carboxylic acids is 1. The molecule has 0 aliphatic heterocycles. The molecule has 1 aliphatic rings. The predicted molar refractivity (Wildman–Crippen MR) is 116 cm³/mol. The molecule has 1 N–H and O–H groups in total. The predicted octanol–water partition coefficient (Wildman–Crippen LogP) is 3.81. The average Bonchev–Trinajstić information content (AvgIpc) is 3.17. The van der Waals surface area contributed by atoms with Gasteiger partial charge in [-0.25, -0.2) is 8.91 Å². The van der Waals surface area contributed by atoms with Crippen LogP contribution >= 0.6 is 0 Å². The van der Waals surface area contributed by atoms with Crippen molar-refractivity contribution >= 4 is 17.1 Å². The van der Waals surface area contributed by atoms with Crippen molar-refractivity contribution < 1.29 is 9.18 Å². The first-order valence-electron chi connectivity index (χ1n) is 10.3. The highest BCUT2D eigenvalue weighted by molar-refractivity contribution is 6.04. The highest BCUT2D eigenvalue weighted by atomic mass is 19.1. The zero-order chi connectivity index (χ0) is 21.4. The normalized spacial score (nSPS) is 13.2. The van der Waals surface area contributed by atoms with Gasteiger partial charge in [-0.15, -0.1) is 0 Å². The third-order valence-corrected chi connectivity index (χ3v) is 5.70. The first-order valence-corrected chi connectivity index (χ1v) is 10.3. The summed E-state index contributed by atoms with van der Waals surface area (Å²) in [5, 5.41) is 7.31. The van der Waals surface area contributed by atoms with E-state index in [4.69, 9.17) is 0 Å². The van der Waals surface area contributed by atoms with Gasteiger partial charge in [0.05, 0.1) is 12.2 Å². The third-order valence-electron chi connectivity index (χ3n) is 5.70. The fourth-order valence-electron chi connectivity index (χ4n) is 4.07. The Hall–Kier alpha value is -3.74. The van der Waals surface area contributed by atoms with Crippen molar-refractivity contribution in [3.63, 3.8) is 0 Å². The molecule has 1 amide bonds. The Morgan fingerprint density at radius 2 is 1.74 bits per heavy atom. The summed E-state index contributed by atoms with van der Waals surface area (Å²) >= 11 is 0. The Bertz CT molecular complexity index is 1320. The van der Waals surface area contributed by atoms with Gasteiger partial charge in [-0.1, -0.05) is 12.1 Å². The monoisotopic (exact) mass is 416 g/mol. The molecule has 2 heterocycles. The van der Waals surface area contributed by atoms with Crippen LogP contribution in [0.1, 0.15) is 40.0 Å². The molecule has 0 atom stereocenters. The van der Waals surface area contributed by atoms with Gasteiger partial charge in [-0.3, -0.25) is 9.59 Å². The largest absolute Gasteiger partial charge is 0.322 e. The minimum atomic E-state index is -0.354. The Kier molecular flexibility index (Phi) is 4.86. The lowest BCUT2D eigenvalue weighted by Gasteiger charge is -2.10. The summed E-state index contributed by atoms with van der Waals surface area (Å²) in [5.41, 5.74) is 4.68. The number of nitrogens with one attached hydrogen (secondary N) is 1. The van der Waals surface area contributed by atoms with E-state index in [1.54, 1.807) is 27.4 Å². The highest BCUT2D eigenvalue weighted by Crippen LogP contribution is 2.22. The summed E-state index contributed by atoms with van der Waals surface area (Å²) in [6, 6.07) is 12.7. The number of aryl methyl sites for hydroxylation is 2. The van der Waals surface area contributed by atoms with Gasteiger partial charge in [0.1, 0.15) is 11.3 Å². The van der Waals surface area contributed by atoms with Crippen LogP contribution in [0, 0.1) is 5.82 Å². The van der Waals surface area contributed by atoms with Crippen molar-refractivity contribution in [1.29, 1.82) is 0 Å². The fraction of sp³-hybridized carbons (Fsp3) is 0.208. The number of hydrogen-bond donors (Lipinski definition) is 1. The number of rotatable bonds is 4. The van der Waals surface area contributed by atoms with Crippen molar-refractivity contribution in [2.45, 2.75) is 32.2 Å². The van der Waals surface area contributed by atoms with Crippen molar-refractivity contribution in [1.82, 2.24) is 14.2 Å². The van der Waals surface area contributed by atoms with E-state index in [9.17, 15) is 14.0 Å². The molecule has 31 heavy (non-hydrogen) atoms. The number of fused-ring (bicyclic) bond motifs is 3. The summed E-state index contributed by atoms with van der Waals surface area (Å²) in [7, 11) is 0. The van der Waals surface area contributed by atoms with Crippen LogP contribution in [0.25, 0.3) is 5.52 Å². The van der Waals surface area contributed by atoms with Crippen LogP contribution in [0.4, 0.5) is 10.1 Å². The molecule has 5 rings (SSSR count). The Morgan fingerprint density at radius 3 is 2.52 bits per heavy atom. The Balaban J connectivity index is 1.35. The summed E-state index contributed by atoms with van der Waals surface area (Å²) in [5.74, 6) is -0.630. The summed E-state index contributed by atoms with van der Waals surface area (Å²) in [6.07, 6.45) is 7.62. The molecule has 2 aromatic heterocycles. The summed E-state index contributed by atoms with van der Waals surface area (Å²) < 4.78 is 16.4. The van der Waals surface area contributed by atoms with Gasteiger partial charge in [0.2, 0.25) is 0 Å². The second kappa shape index (κ2) is 7.83. The first kappa shape index (κ1) is 19.2. The second-order valence-corrected chi connectivity index (χ2v) is 7.81. The van der Waals surface area contributed by atoms with Gasteiger partial charge in [-0.05, 0) is 67.6 Å². The first-order chi connectivity index (χ1) is 15.1. The maximum absolute atomic E-state index is 13.1. The maximum Gasteiger partial charge on any atom is 0.277 e. The quantitative estimate of drug-likeness (QED) is 0.550. The lowest BCUT2D eigenvalue weighted by atomic mass is 9.97. The lowest BCUT2D eigenvalue weighted by Crippen LogP contribution is -2.23. The van der Waals surface area contributed by atoms with Crippen LogP contribution in [-0.4, -0.2) is 20.1 Å². The van der Waals surface area contributed by atoms with E-state index < -0.39 is 0 Å². The zero-order valence-electron chi connectivity index (χ0n) is 16.8. The molecule has 7 heteroatoms. The Morgan fingerprint density at radius 1 is 1.00 bits per heavy atom. The van der Waals surface area contributed by atoms with E-state index in [-0.39, 0.29) is 17.3 Å². The molecule has 156 valence electrons. The van der Waals surface area contributed by atoms with Crippen LogP contribution in [-0.2, 0) is 19.4 Å².